The van der Waals surface area contributed by atoms with Crippen LogP contribution in [0.15, 0.2) is 24.3 Å². The highest BCUT2D eigenvalue weighted by molar-refractivity contribution is 5.55. The van der Waals surface area contributed by atoms with Crippen molar-refractivity contribution in [2.75, 3.05) is 18.0 Å². The minimum absolute atomic E-state index is 0.147. The molecule has 0 aromatic heterocycles. The van der Waals surface area contributed by atoms with Gasteiger partial charge in [-0.1, -0.05) is 37.5 Å². The van der Waals surface area contributed by atoms with Crippen LogP contribution in [0, 0.1) is 5.92 Å². The number of β-amino-alcohol motifs (C(OH)–C–C–N with tert-alkyl or cyclic N) is 1. The van der Waals surface area contributed by atoms with Crippen molar-refractivity contribution < 1.29 is 5.11 Å². The maximum atomic E-state index is 10.5. The highest BCUT2D eigenvalue weighted by Crippen LogP contribution is 2.30. The fourth-order valence-electron chi connectivity index (χ4n) is 3.69. The zero-order valence-electron chi connectivity index (χ0n) is 11.7. The molecular weight excluding hydrogens is 234 g/mol. The second-order valence-corrected chi connectivity index (χ2v) is 6.14. The lowest BCUT2D eigenvalue weighted by Crippen LogP contribution is -2.40. The van der Waals surface area contributed by atoms with Gasteiger partial charge < -0.3 is 10.0 Å². The van der Waals surface area contributed by atoms with Gasteiger partial charge in [0.2, 0.25) is 0 Å². The lowest BCUT2D eigenvalue weighted by molar-refractivity contribution is 0.0897. The topological polar surface area (TPSA) is 23.5 Å². The summed E-state index contributed by atoms with van der Waals surface area (Å²) in [5, 5.41) is 10.5. The molecule has 2 nitrogen and oxygen atoms in total. The van der Waals surface area contributed by atoms with E-state index in [2.05, 4.69) is 29.2 Å². The maximum Gasteiger partial charge on any atom is 0.0743 e. The Kier molecular flexibility index (Phi) is 4.07. The zero-order valence-corrected chi connectivity index (χ0v) is 11.7. The van der Waals surface area contributed by atoms with E-state index in [0.29, 0.717) is 5.92 Å². The summed E-state index contributed by atoms with van der Waals surface area (Å²) >= 11 is 0. The summed E-state index contributed by atoms with van der Waals surface area (Å²) in [5.41, 5.74) is 2.80. The molecule has 1 saturated carbocycles. The van der Waals surface area contributed by atoms with Crippen LogP contribution in [0.25, 0.3) is 0 Å². The number of nitrogens with zero attached hydrogens (tertiary/aromatic N) is 1. The van der Waals surface area contributed by atoms with Gasteiger partial charge in [0.25, 0.3) is 0 Å². The van der Waals surface area contributed by atoms with E-state index in [1.165, 1.54) is 56.2 Å². The van der Waals surface area contributed by atoms with Gasteiger partial charge in [-0.2, -0.15) is 0 Å². The molecule has 0 spiro atoms. The van der Waals surface area contributed by atoms with E-state index in [1.54, 1.807) is 0 Å². The van der Waals surface area contributed by atoms with Gasteiger partial charge in [-0.25, -0.2) is 0 Å². The van der Waals surface area contributed by atoms with Crippen molar-refractivity contribution in [3.8, 4) is 0 Å². The van der Waals surface area contributed by atoms with Crippen molar-refractivity contribution in [1.29, 1.82) is 0 Å². The first-order chi connectivity index (χ1) is 9.34. The van der Waals surface area contributed by atoms with Crippen molar-refractivity contribution >= 4 is 5.69 Å². The van der Waals surface area contributed by atoms with E-state index in [1.807, 2.05) is 0 Å². The summed E-state index contributed by atoms with van der Waals surface area (Å²) < 4.78 is 0. The minimum Gasteiger partial charge on any atom is -0.391 e. The molecule has 1 aliphatic carbocycles. The Labute approximate surface area is 116 Å². The molecule has 2 aliphatic rings. The van der Waals surface area contributed by atoms with Gasteiger partial charge in [0.15, 0.2) is 0 Å². The predicted molar refractivity (Wildman–Crippen MR) is 79.6 cm³/mol. The number of fused-ring (bicyclic) bond motifs is 1. The third-order valence-corrected chi connectivity index (χ3v) is 4.81. The molecule has 1 atom stereocenters. The van der Waals surface area contributed by atoms with E-state index in [-0.39, 0.29) is 6.10 Å². The summed E-state index contributed by atoms with van der Waals surface area (Å²) in [6.07, 6.45) is 8.66. The molecule has 2 heteroatoms. The average Bonchev–Trinajstić information content (AvgIpc) is 2.48. The third-order valence-electron chi connectivity index (χ3n) is 4.81. The van der Waals surface area contributed by atoms with Gasteiger partial charge in [-0.15, -0.1) is 0 Å². The Bertz CT molecular complexity index is 411. The summed E-state index contributed by atoms with van der Waals surface area (Å²) in [5.74, 6) is 0.530. The molecule has 1 aromatic carbocycles. The Morgan fingerprint density at radius 3 is 2.74 bits per heavy atom. The smallest absolute Gasteiger partial charge is 0.0743 e. The number of benzene rings is 1. The highest BCUT2D eigenvalue weighted by Gasteiger charge is 2.25. The van der Waals surface area contributed by atoms with Gasteiger partial charge in [0.1, 0.15) is 0 Å². The van der Waals surface area contributed by atoms with Crippen LogP contribution in [0.5, 0.6) is 0 Å². The van der Waals surface area contributed by atoms with Crippen molar-refractivity contribution in [3.63, 3.8) is 0 Å². The fourth-order valence-corrected chi connectivity index (χ4v) is 3.69. The van der Waals surface area contributed by atoms with Gasteiger partial charge in [0.05, 0.1) is 6.10 Å². The molecule has 0 radical (unpaired) electrons. The molecule has 0 saturated heterocycles. The van der Waals surface area contributed by atoms with Crippen LogP contribution < -0.4 is 4.90 Å². The number of aliphatic hydroxyl groups excluding tert-OH is 1. The standard InChI is InChI=1S/C17H25NO/c19-17(15-8-2-1-3-9-15)13-18-12-6-10-14-7-4-5-11-16(14)18/h4-5,7,11,15,17,19H,1-3,6,8-10,12-13H2. The first-order valence-corrected chi connectivity index (χ1v) is 7.85. The molecule has 1 fully saturated rings. The van der Waals surface area contributed by atoms with Crippen LogP contribution >= 0.6 is 0 Å². The van der Waals surface area contributed by atoms with Crippen molar-refractivity contribution in [1.82, 2.24) is 0 Å². The number of hydrogen-bond acceptors (Lipinski definition) is 2. The number of anilines is 1. The molecule has 1 aliphatic heterocycles. The highest BCUT2D eigenvalue weighted by atomic mass is 16.3. The average molecular weight is 259 g/mol. The van der Waals surface area contributed by atoms with Gasteiger partial charge in [-0.3, -0.25) is 0 Å². The summed E-state index contributed by atoms with van der Waals surface area (Å²) in [6, 6.07) is 8.68. The lowest BCUT2D eigenvalue weighted by atomic mass is 9.85. The van der Waals surface area contributed by atoms with Crippen molar-refractivity contribution in [3.05, 3.63) is 29.8 Å². The van der Waals surface area contributed by atoms with E-state index in [4.69, 9.17) is 0 Å². The first-order valence-electron chi connectivity index (χ1n) is 7.85. The van der Waals surface area contributed by atoms with Crippen LogP contribution in [-0.2, 0) is 6.42 Å². The molecule has 1 aromatic rings. The minimum atomic E-state index is -0.147. The zero-order chi connectivity index (χ0) is 13.1. The molecule has 1 N–H and O–H groups in total. The summed E-state index contributed by atoms with van der Waals surface area (Å²) in [6.45, 7) is 1.92. The molecule has 1 heterocycles. The second kappa shape index (κ2) is 5.96. The first kappa shape index (κ1) is 13.0. The quantitative estimate of drug-likeness (QED) is 0.899. The fraction of sp³-hybridized carbons (Fsp3) is 0.647. The molecule has 3 rings (SSSR count). The van der Waals surface area contributed by atoms with Gasteiger partial charge in [0, 0.05) is 18.8 Å². The van der Waals surface area contributed by atoms with E-state index < -0.39 is 0 Å². The largest absolute Gasteiger partial charge is 0.391 e. The van der Waals surface area contributed by atoms with Crippen LogP contribution in [0.3, 0.4) is 0 Å². The molecular formula is C17H25NO. The predicted octanol–water partition coefficient (Wildman–Crippen LogP) is 3.38. The molecule has 1 unspecified atom stereocenters. The number of rotatable bonds is 3. The molecule has 19 heavy (non-hydrogen) atoms. The molecule has 0 amide bonds. The third kappa shape index (κ3) is 2.94. The normalized spacial score (nSPS) is 22.1. The van der Waals surface area contributed by atoms with Crippen molar-refractivity contribution in [2.24, 2.45) is 5.92 Å². The van der Waals surface area contributed by atoms with Crippen LogP contribution in [0.2, 0.25) is 0 Å². The Morgan fingerprint density at radius 2 is 1.89 bits per heavy atom. The number of hydrogen-bond donors (Lipinski definition) is 1. The van der Waals surface area contributed by atoms with Crippen LogP contribution in [0.1, 0.15) is 44.1 Å². The summed E-state index contributed by atoms with van der Waals surface area (Å²) in [7, 11) is 0. The summed E-state index contributed by atoms with van der Waals surface area (Å²) in [4.78, 5) is 2.40. The lowest BCUT2D eigenvalue weighted by Gasteiger charge is -2.36. The van der Waals surface area contributed by atoms with Gasteiger partial charge in [-0.05, 0) is 43.2 Å². The second-order valence-electron chi connectivity index (χ2n) is 6.14. The van der Waals surface area contributed by atoms with E-state index in [9.17, 15) is 5.11 Å². The SMILES string of the molecule is OC(CN1CCCc2ccccc21)C1CCCCC1. The molecule has 0 bridgehead atoms. The number of aliphatic hydroxyl groups is 1. The maximum absolute atomic E-state index is 10.5. The van der Waals surface area contributed by atoms with Crippen molar-refractivity contribution in [2.45, 2.75) is 51.0 Å². The molecule has 104 valence electrons. The van der Waals surface area contributed by atoms with Gasteiger partial charge >= 0.3 is 0 Å². The number of aryl methyl sites for hydroxylation is 1. The van der Waals surface area contributed by atoms with E-state index >= 15 is 0 Å². The Hall–Kier alpha value is -1.02. The monoisotopic (exact) mass is 259 g/mol. The van der Waals surface area contributed by atoms with E-state index in [0.717, 1.165) is 13.1 Å². The van der Waals surface area contributed by atoms with Crippen LogP contribution in [0.4, 0.5) is 5.69 Å². The Balaban J connectivity index is 1.66. The number of para-hydroxylation sites is 1. The Morgan fingerprint density at radius 1 is 1.11 bits per heavy atom. The van der Waals surface area contributed by atoms with Crippen LogP contribution in [-0.4, -0.2) is 24.3 Å².